The van der Waals surface area contributed by atoms with Crippen LogP contribution in [0.4, 0.5) is 65.1 Å². The van der Waals surface area contributed by atoms with Crippen molar-refractivity contribution in [2.45, 2.75) is 69.5 Å². The molecule has 4 aliphatic rings. The number of likely N-dealkylation sites (tertiary alicyclic amines) is 1. The van der Waals surface area contributed by atoms with Gasteiger partial charge in [0.15, 0.2) is 23.4 Å². The fourth-order valence-electron chi connectivity index (χ4n) is 15.5. The number of fused-ring (bicyclic) bond motifs is 3. The summed E-state index contributed by atoms with van der Waals surface area (Å²) in [5.74, 6) is 1.89. The third kappa shape index (κ3) is 19.8. The number of nitrogens with zero attached hydrogens (tertiary/aromatic N) is 24. The number of piperidine rings is 2. The van der Waals surface area contributed by atoms with Gasteiger partial charge >= 0.3 is 12.2 Å². The van der Waals surface area contributed by atoms with Gasteiger partial charge in [0.2, 0.25) is 23.7 Å². The van der Waals surface area contributed by atoms with E-state index in [1.54, 1.807) is 78.5 Å². The maximum Gasteiger partial charge on any atom is 0.406 e. The largest absolute Gasteiger partial charge is 0.406 e. The first-order chi connectivity index (χ1) is 61.6. The van der Waals surface area contributed by atoms with Crippen LogP contribution in [0.3, 0.4) is 0 Å². The zero-order valence-electron chi connectivity index (χ0n) is 70.7. The summed E-state index contributed by atoms with van der Waals surface area (Å²) in [6.07, 6.45) is 14.2. The van der Waals surface area contributed by atoms with Gasteiger partial charge in [-0.1, -0.05) is 24.3 Å². The van der Waals surface area contributed by atoms with E-state index in [1.165, 1.54) is 34.4 Å². The summed E-state index contributed by atoms with van der Waals surface area (Å²) in [6.45, 7) is 5.78. The van der Waals surface area contributed by atoms with Crippen molar-refractivity contribution >= 4 is 96.8 Å². The fourth-order valence-corrected chi connectivity index (χ4v) is 15.5. The molecular weight excluding hydrogens is 1620 g/mol. The minimum absolute atomic E-state index is 0.0449. The highest BCUT2D eigenvalue weighted by molar-refractivity contribution is 5.85. The minimum Gasteiger partial charge on any atom is -0.382 e. The first-order valence-electron chi connectivity index (χ1n) is 41.6. The van der Waals surface area contributed by atoms with Crippen LogP contribution in [0.15, 0.2) is 215 Å². The molecule has 0 aliphatic carbocycles. The highest BCUT2D eigenvalue weighted by Gasteiger charge is 2.32. The molecule has 646 valence electrons. The Morgan fingerprint density at radius 1 is 0.551 bits per heavy atom. The lowest BCUT2D eigenvalue weighted by molar-refractivity contribution is -0.385. The number of nitrogens with one attached hydrogen (secondary N) is 8. The lowest BCUT2D eigenvalue weighted by atomic mass is 10.1. The van der Waals surface area contributed by atoms with Crippen molar-refractivity contribution in [3.63, 3.8) is 0 Å². The smallest absolute Gasteiger partial charge is 0.382 e. The van der Waals surface area contributed by atoms with Gasteiger partial charge in [0, 0.05) is 175 Å². The Labute approximate surface area is 725 Å². The number of tetrazole rings is 1. The highest BCUT2D eigenvalue weighted by atomic mass is 19.4. The normalized spacial score (nSPS) is 15.4. The highest BCUT2D eigenvalue weighted by Crippen LogP contribution is 2.32. The van der Waals surface area contributed by atoms with E-state index < -0.39 is 18.3 Å². The number of rotatable bonds is 23. The first kappa shape index (κ1) is 84.2. The second-order valence-electron chi connectivity index (χ2n) is 31.8. The van der Waals surface area contributed by atoms with Gasteiger partial charge in [-0.25, -0.2) is 29.6 Å². The molecule has 8 N–H and O–H groups in total. The van der Waals surface area contributed by atoms with E-state index in [0.29, 0.717) is 116 Å². The van der Waals surface area contributed by atoms with E-state index in [-0.39, 0.29) is 39.5 Å². The lowest BCUT2D eigenvalue weighted by Gasteiger charge is -2.24. The molecule has 4 aromatic carbocycles. The summed E-state index contributed by atoms with van der Waals surface area (Å²) in [5.41, 5.74) is 10.9. The molecule has 11 aromatic heterocycles. The minimum atomic E-state index is -4.68. The van der Waals surface area contributed by atoms with Gasteiger partial charge < -0.3 is 56.9 Å². The van der Waals surface area contributed by atoms with Gasteiger partial charge in [-0.3, -0.25) is 42.7 Å². The number of alkyl halides is 3. The van der Waals surface area contributed by atoms with Crippen LogP contribution in [0.1, 0.15) is 37.7 Å². The van der Waals surface area contributed by atoms with Gasteiger partial charge in [-0.2, -0.15) is 32.7 Å². The molecule has 2 atom stereocenters. The average Bonchev–Trinajstić information content (AvgIpc) is 1.25. The monoisotopic (exact) mass is 1710 g/mol. The second-order valence-corrected chi connectivity index (χ2v) is 31.8. The molecule has 0 radical (unpaired) electrons. The first-order valence-corrected chi connectivity index (χ1v) is 41.6. The fraction of sp³-hybridized carbons (Fsp3) is 0.281. The van der Waals surface area contributed by atoms with E-state index in [2.05, 4.69) is 150 Å². The lowest BCUT2D eigenvalue weighted by Crippen LogP contribution is -2.38. The van der Waals surface area contributed by atoms with E-state index >= 15 is 0 Å². The van der Waals surface area contributed by atoms with Gasteiger partial charge in [0.05, 0.1) is 29.6 Å². The Morgan fingerprint density at radius 3 is 1.68 bits per heavy atom. The molecule has 3 fully saturated rings. The van der Waals surface area contributed by atoms with Crippen LogP contribution < -0.4 is 59.2 Å². The third-order valence-electron chi connectivity index (χ3n) is 22.0. The summed E-state index contributed by atoms with van der Waals surface area (Å²) < 4.78 is 51.3. The number of hydrogen-bond acceptors (Lipinski definition) is 28. The molecule has 35 nitrogen and oxygen atoms in total. The Balaban J connectivity index is 0.000000134. The average molecular weight is 1710 g/mol. The molecule has 0 spiro atoms. The maximum atomic E-state index is 14.0. The van der Waals surface area contributed by atoms with Crippen LogP contribution >= 0.6 is 0 Å². The van der Waals surface area contributed by atoms with Crippen molar-refractivity contribution in [3.05, 3.63) is 232 Å². The van der Waals surface area contributed by atoms with Crippen LogP contribution in [-0.2, 0) is 34.2 Å². The Kier molecular flexibility index (Phi) is 24.7. The Hall–Kier alpha value is -15.0. The molecule has 2 unspecified atom stereocenters. The molecule has 19 rings (SSSR count). The number of aromatic nitrogens is 20. The number of benzene rings is 4. The van der Waals surface area contributed by atoms with Crippen LogP contribution in [0.25, 0.3) is 101 Å². The van der Waals surface area contributed by atoms with Gasteiger partial charge in [-0.05, 0) is 211 Å². The molecule has 3 saturated heterocycles. The summed E-state index contributed by atoms with van der Waals surface area (Å²) in [6, 6.07) is 49.9. The Morgan fingerprint density at radius 2 is 1.13 bits per heavy atom. The van der Waals surface area contributed by atoms with Gasteiger partial charge in [0.25, 0.3) is 16.7 Å². The van der Waals surface area contributed by atoms with Crippen molar-refractivity contribution in [1.29, 1.82) is 0 Å². The van der Waals surface area contributed by atoms with Crippen LogP contribution in [0.2, 0.25) is 0 Å². The van der Waals surface area contributed by atoms with Crippen LogP contribution in [0.5, 0.6) is 0 Å². The van der Waals surface area contributed by atoms with Crippen LogP contribution in [0, 0.1) is 0 Å². The summed E-state index contributed by atoms with van der Waals surface area (Å²) >= 11 is 0. The standard InChI is InChI=1S/C32H30N10O.C31H34N10O.C26H27F3N12O/c1-41-20-36-29(40-41)28-12-7-21(18-34-28)27-17-22-19-35-32(39-30(22)42(31(27)43)26-5-3-2-4-6-26)38-24-10-8-23(9-11-24)37-25-13-15-33-16-14-25;1-39(2)13-14-41-29-22(15-26(30(41)42)27-11-6-21(16-34-27)28-19-33-20-40(28)3)17-35-31(38-29)37-24-9-7-23(8-10-24)36-25-5-4-12-32-18-25;1-38-9-8-18(12-38)31-16-4-6-17(7-5-16)32-25-30-11-15-10-19(24(42)41(21(15)34-25)14-26(27,28)29)22-33-20(13-39(22)2)23-35-36-37-40(23)3/h2-12,17-20,25,33,37H,13-16H2,1H3,(H,35,38,39);6-11,15-17,19,25,32,36H,4-5,12-14,18H2,1-3H3;4-7,10-11,13,18,31H,8-9,12,14H2,1-3H3,(H,30,32,34)/p+1. The van der Waals surface area contributed by atoms with E-state index in [0.717, 1.165) is 109 Å². The number of likely N-dealkylation sites (N-methyl/N-ethyl adjacent to an activating group) is 2. The van der Waals surface area contributed by atoms with Gasteiger partial charge in [-0.15, -0.1) is 10.2 Å². The molecule has 15 heterocycles. The van der Waals surface area contributed by atoms with Crippen molar-refractivity contribution in [3.8, 4) is 62.5 Å². The predicted octanol–water partition coefficient (Wildman–Crippen LogP) is 10.8. The van der Waals surface area contributed by atoms with Crippen molar-refractivity contribution in [1.82, 2.24) is 119 Å². The molecule has 0 saturated carbocycles. The molecular formula is C89H92F3N32O3+. The summed E-state index contributed by atoms with van der Waals surface area (Å²) in [4.78, 5) is 94.9. The molecule has 0 bridgehead atoms. The number of aliphatic imine (C=N–C) groups is 1. The van der Waals surface area contributed by atoms with E-state index in [9.17, 15) is 27.6 Å². The number of para-hydroxylation sites is 1. The topological polar surface area (TPSA) is 379 Å². The summed E-state index contributed by atoms with van der Waals surface area (Å²) in [7, 11) is 13.0. The number of pyridine rings is 5. The maximum absolute atomic E-state index is 14.0. The zero-order chi connectivity index (χ0) is 87.8. The molecule has 0 amide bonds. The zero-order valence-corrected chi connectivity index (χ0v) is 70.7. The number of halogens is 3. The molecule has 4 aliphatic heterocycles. The van der Waals surface area contributed by atoms with Crippen LogP contribution in [-0.4, -0.2) is 217 Å². The number of hydrogen-bond donors (Lipinski definition) is 8. The summed E-state index contributed by atoms with van der Waals surface area (Å²) in [5, 5.41) is 44.4. The molecule has 127 heavy (non-hydrogen) atoms. The van der Waals surface area contributed by atoms with Crippen molar-refractivity contribution in [2.24, 2.45) is 26.1 Å². The second kappa shape index (κ2) is 37.2. The Bertz CT molecular complexity index is 6770. The van der Waals surface area contributed by atoms with Gasteiger partial charge in [0.1, 0.15) is 41.4 Å². The number of aryl methyl sites for hydroxylation is 3. The number of anilines is 9. The molecule has 15 aromatic rings. The third-order valence-corrected chi connectivity index (χ3v) is 22.0. The quantitative estimate of drug-likeness (QED) is 0.0276. The predicted molar refractivity (Wildman–Crippen MR) is 483 cm³/mol. The molecule has 38 heteroatoms. The van der Waals surface area contributed by atoms with Crippen molar-refractivity contribution < 1.29 is 17.7 Å². The van der Waals surface area contributed by atoms with E-state index in [4.69, 9.17) is 9.97 Å². The SMILES string of the molecule is CN(C)CCn1c(=O)c(-c2ccc(C3=CN=C=[N+]3C)cn2)cc2cnc(Nc3ccc(NC4CCCNC4)cc3)nc21.CN1CCC(Nc2ccc(Nc3ncc4cc(-c5nc(-c6nnnn6C)cn5C)c(=O)n(CC(F)(F)F)c4n3)cc2)C1.Cn1cnc(-c2ccc(-c3cc4cnc(Nc5ccc(NC6CCNCC6)cc5)nc4n(-c4ccccc4)c3=O)cn2)n1. The van der Waals surface area contributed by atoms with Crippen molar-refractivity contribution in [2.75, 3.05) is 106 Å². The number of imidazole rings is 1. The van der Waals surface area contributed by atoms with E-state index in [1.807, 2.05) is 146 Å².